The van der Waals surface area contributed by atoms with E-state index in [0.29, 0.717) is 17.3 Å². The van der Waals surface area contributed by atoms with Gasteiger partial charge in [-0.05, 0) is 24.6 Å². The van der Waals surface area contributed by atoms with E-state index in [2.05, 4.69) is 0 Å². The maximum absolute atomic E-state index is 11.6. The molecule has 5 heteroatoms. The van der Waals surface area contributed by atoms with E-state index in [1.807, 2.05) is 19.1 Å². The van der Waals surface area contributed by atoms with Gasteiger partial charge in [-0.1, -0.05) is 17.7 Å². The van der Waals surface area contributed by atoms with Crippen molar-refractivity contribution >= 4 is 17.7 Å². The molecule has 0 saturated carbocycles. The summed E-state index contributed by atoms with van der Waals surface area (Å²) in [6.07, 6.45) is -0.250. The van der Waals surface area contributed by atoms with Gasteiger partial charge in [0.25, 0.3) is 0 Å². The summed E-state index contributed by atoms with van der Waals surface area (Å²) < 4.78 is 5.13. The summed E-state index contributed by atoms with van der Waals surface area (Å²) in [5.41, 5.74) is 0.955. The third kappa shape index (κ3) is 3.97. The summed E-state index contributed by atoms with van der Waals surface area (Å²) in [5, 5.41) is 8.80. The van der Waals surface area contributed by atoms with Crippen molar-refractivity contribution in [2.45, 2.75) is 13.3 Å². The van der Waals surface area contributed by atoms with E-state index in [9.17, 15) is 4.79 Å². The van der Waals surface area contributed by atoms with E-state index in [4.69, 9.17) is 21.6 Å². The molecule has 1 aromatic carbocycles. The average Bonchev–Trinajstić information content (AvgIpc) is 2.30. The van der Waals surface area contributed by atoms with Crippen LogP contribution in [0.25, 0.3) is 0 Å². The molecule has 0 aliphatic rings. The molecule has 1 rings (SSSR count). The maximum atomic E-state index is 11.6. The SMILES string of the molecule is Cc1ccc(Cl)c(OC(=O)N(C)CCC#N)c1. The van der Waals surface area contributed by atoms with Crippen LogP contribution < -0.4 is 4.74 Å². The molecule has 0 aliphatic carbocycles. The lowest BCUT2D eigenvalue weighted by atomic mass is 10.2. The first-order valence-electron chi connectivity index (χ1n) is 5.10. The highest BCUT2D eigenvalue weighted by Gasteiger charge is 2.12. The first kappa shape index (κ1) is 13.3. The Balaban J connectivity index is 2.68. The normalized spacial score (nSPS) is 9.53. The van der Waals surface area contributed by atoms with Crippen molar-refractivity contribution in [3.8, 4) is 11.8 Å². The molecule has 0 aromatic heterocycles. The molecule has 0 bridgehead atoms. The van der Waals surface area contributed by atoms with Crippen LogP contribution in [0.2, 0.25) is 5.02 Å². The number of rotatable bonds is 3. The molecular weight excluding hydrogens is 240 g/mol. The van der Waals surface area contributed by atoms with Crippen LogP contribution >= 0.6 is 11.6 Å². The van der Waals surface area contributed by atoms with E-state index in [-0.39, 0.29) is 6.42 Å². The summed E-state index contributed by atoms with van der Waals surface area (Å²) in [4.78, 5) is 13.0. The Bertz CT molecular complexity index is 454. The second kappa shape index (κ2) is 6.12. The van der Waals surface area contributed by atoms with Gasteiger partial charge in [0.15, 0.2) is 5.75 Å². The predicted molar refractivity (Wildman–Crippen MR) is 65.1 cm³/mol. The van der Waals surface area contributed by atoms with Gasteiger partial charge in [-0.25, -0.2) is 4.79 Å². The molecule has 90 valence electrons. The number of ether oxygens (including phenoxy) is 1. The first-order chi connectivity index (χ1) is 8.04. The Labute approximate surface area is 105 Å². The van der Waals surface area contributed by atoms with Gasteiger partial charge < -0.3 is 9.64 Å². The number of nitrogens with zero attached hydrogens (tertiary/aromatic N) is 2. The minimum Gasteiger partial charge on any atom is -0.409 e. The molecule has 1 amide bonds. The molecule has 0 atom stereocenters. The lowest BCUT2D eigenvalue weighted by Crippen LogP contribution is -2.30. The van der Waals surface area contributed by atoms with Gasteiger partial charge in [0.1, 0.15) is 0 Å². The highest BCUT2D eigenvalue weighted by atomic mass is 35.5. The van der Waals surface area contributed by atoms with Crippen LogP contribution in [0, 0.1) is 18.3 Å². The van der Waals surface area contributed by atoms with Crippen molar-refractivity contribution in [3.05, 3.63) is 28.8 Å². The van der Waals surface area contributed by atoms with Crippen molar-refractivity contribution in [1.82, 2.24) is 4.90 Å². The van der Waals surface area contributed by atoms with E-state index < -0.39 is 6.09 Å². The largest absolute Gasteiger partial charge is 0.415 e. The van der Waals surface area contributed by atoms with E-state index in [1.54, 1.807) is 19.2 Å². The number of hydrogen-bond acceptors (Lipinski definition) is 3. The van der Waals surface area contributed by atoms with Gasteiger partial charge in [-0.3, -0.25) is 0 Å². The van der Waals surface area contributed by atoms with Gasteiger partial charge in [-0.15, -0.1) is 0 Å². The Kier molecular flexibility index (Phi) is 4.80. The number of benzene rings is 1. The average molecular weight is 253 g/mol. The first-order valence-corrected chi connectivity index (χ1v) is 5.48. The van der Waals surface area contributed by atoms with Crippen LogP contribution in [-0.4, -0.2) is 24.6 Å². The lowest BCUT2D eigenvalue weighted by Gasteiger charge is -2.15. The van der Waals surface area contributed by atoms with Crippen molar-refractivity contribution in [2.75, 3.05) is 13.6 Å². The molecular formula is C12H13ClN2O2. The van der Waals surface area contributed by atoms with Gasteiger partial charge in [0, 0.05) is 13.6 Å². The number of amides is 1. The monoisotopic (exact) mass is 252 g/mol. The number of aryl methyl sites for hydroxylation is 1. The molecule has 0 saturated heterocycles. The Hall–Kier alpha value is -1.73. The zero-order valence-corrected chi connectivity index (χ0v) is 10.5. The minimum atomic E-state index is -0.521. The van der Waals surface area contributed by atoms with Crippen LogP contribution in [0.3, 0.4) is 0 Å². The van der Waals surface area contributed by atoms with Crippen LogP contribution in [0.15, 0.2) is 18.2 Å². The van der Waals surface area contributed by atoms with E-state index in [0.717, 1.165) is 5.56 Å². The quantitative estimate of drug-likeness (QED) is 0.831. The molecule has 0 N–H and O–H groups in total. The van der Waals surface area contributed by atoms with E-state index >= 15 is 0 Å². The van der Waals surface area contributed by atoms with Gasteiger partial charge in [-0.2, -0.15) is 5.26 Å². The second-order valence-electron chi connectivity index (χ2n) is 3.63. The molecule has 17 heavy (non-hydrogen) atoms. The summed E-state index contributed by atoms with van der Waals surface area (Å²) in [5.74, 6) is 0.334. The maximum Gasteiger partial charge on any atom is 0.415 e. The molecule has 4 nitrogen and oxygen atoms in total. The number of hydrogen-bond donors (Lipinski definition) is 0. The second-order valence-corrected chi connectivity index (χ2v) is 4.04. The van der Waals surface area contributed by atoms with Crippen LogP contribution in [0.4, 0.5) is 4.79 Å². The fraction of sp³-hybridized carbons (Fsp3) is 0.333. The Morgan fingerprint density at radius 1 is 1.59 bits per heavy atom. The van der Waals surface area contributed by atoms with E-state index in [1.165, 1.54) is 4.90 Å². The zero-order chi connectivity index (χ0) is 12.8. The van der Waals surface area contributed by atoms with Crippen molar-refractivity contribution in [2.24, 2.45) is 0 Å². The standard InChI is InChI=1S/C12H13ClN2O2/c1-9-4-5-10(13)11(8-9)17-12(16)15(2)7-3-6-14/h4-5,8H,3,7H2,1-2H3. The van der Waals surface area contributed by atoms with Gasteiger partial charge >= 0.3 is 6.09 Å². The summed E-state index contributed by atoms with van der Waals surface area (Å²) in [6, 6.07) is 7.16. The molecule has 0 heterocycles. The summed E-state index contributed by atoms with van der Waals surface area (Å²) >= 11 is 5.90. The number of halogens is 1. The number of carbonyl (C=O) groups is 1. The highest BCUT2D eigenvalue weighted by Crippen LogP contribution is 2.25. The van der Waals surface area contributed by atoms with Crippen molar-refractivity contribution < 1.29 is 9.53 Å². The fourth-order valence-corrected chi connectivity index (χ4v) is 1.33. The van der Waals surface area contributed by atoms with Crippen molar-refractivity contribution in [1.29, 1.82) is 5.26 Å². The highest BCUT2D eigenvalue weighted by molar-refractivity contribution is 6.32. The van der Waals surface area contributed by atoms with Crippen LogP contribution in [-0.2, 0) is 0 Å². The zero-order valence-electron chi connectivity index (χ0n) is 9.74. The summed E-state index contributed by atoms with van der Waals surface area (Å²) in [6.45, 7) is 2.21. The number of carbonyl (C=O) groups excluding carboxylic acids is 1. The predicted octanol–water partition coefficient (Wildman–Crippen LogP) is 2.99. The van der Waals surface area contributed by atoms with Crippen molar-refractivity contribution in [3.63, 3.8) is 0 Å². The van der Waals surface area contributed by atoms with Crippen LogP contribution in [0.1, 0.15) is 12.0 Å². The smallest absolute Gasteiger partial charge is 0.409 e. The lowest BCUT2D eigenvalue weighted by molar-refractivity contribution is 0.164. The van der Waals surface area contributed by atoms with Crippen LogP contribution in [0.5, 0.6) is 5.75 Å². The molecule has 0 aliphatic heterocycles. The third-order valence-electron chi connectivity index (χ3n) is 2.15. The summed E-state index contributed by atoms with van der Waals surface area (Å²) in [7, 11) is 1.57. The Morgan fingerprint density at radius 2 is 2.29 bits per heavy atom. The minimum absolute atomic E-state index is 0.271. The van der Waals surface area contributed by atoms with Gasteiger partial charge in [0.05, 0.1) is 17.5 Å². The molecule has 0 fully saturated rings. The number of nitriles is 1. The third-order valence-corrected chi connectivity index (χ3v) is 2.47. The molecule has 0 unspecified atom stereocenters. The molecule has 0 radical (unpaired) electrons. The fourth-order valence-electron chi connectivity index (χ4n) is 1.17. The Morgan fingerprint density at radius 3 is 2.94 bits per heavy atom. The van der Waals surface area contributed by atoms with Gasteiger partial charge in [0.2, 0.25) is 0 Å². The molecule has 1 aromatic rings. The molecule has 0 spiro atoms. The topological polar surface area (TPSA) is 53.3 Å².